The molecule has 174 valence electrons. The first-order valence-corrected chi connectivity index (χ1v) is 11.1. The average molecular weight is 462 g/mol. The molecule has 1 saturated heterocycles. The van der Waals surface area contributed by atoms with E-state index in [0.717, 1.165) is 28.0 Å². The van der Waals surface area contributed by atoms with Crippen LogP contribution in [-0.4, -0.2) is 45.8 Å². The predicted molar refractivity (Wildman–Crippen MR) is 118 cm³/mol. The van der Waals surface area contributed by atoms with Gasteiger partial charge in [-0.2, -0.15) is 9.67 Å². The standard InChI is InChI=1S/C25H23FN4O4/c1-15-9-11-28(12-10-15)22-21(23(31)29(25(22)33)14-19-4-3-13-34-19)20-16(2)27-30(24(20)32)18-7-5-17(26)6-8-18/h5-12,19H,3-4,13-14H2,1-2H3. The Hall–Kier alpha value is -3.85. The molecule has 8 nitrogen and oxygen atoms in total. The van der Waals surface area contributed by atoms with Gasteiger partial charge in [-0.15, -0.1) is 0 Å². The highest BCUT2D eigenvalue weighted by Gasteiger charge is 2.47. The minimum absolute atomic E-state index is 0.00714. The van der Waals surface area contributed by atoms with Crippen molar-refractivity contribution < 1.29 is 28.4 Å². The second-order valence-electron chi connectivity index (χ2n) is 8.52. The number of imide groups is 1. The molecule has 0 spiro atoms. The minimum atomic E-state index is -0.553. The van der Waals surface area contributed by atoms with Crippen LogP contribution >= 0.6 is 0 Å². The summed E-state index contributed by atoms with van der Waals surface area (Å²) in [6.45, 7) is 4.24. The molecular formula is C25H23FN4O4. The molecule has 34 heavy (non-hydrogen) atoms. The van der Waals surface area contributed by atoms with Crippen molar-refractivity contribution in [2.45, 2.75) is 32.8 Å². The lowest BCUT2D eigenvalue weighted by molar-refractivity contribution is -0.577. The molecule has 0 aliphatic carbocycles. The van der Waals surface area contributed by atoms with Crippen LogP contribution in [0.5, 0.6) is 5.88 Å². The molecule has 1 fully saturated rings. The highest BCUT2D eigenvalue weighted by atomic mass is 19.1. The molecule has 0 saturated carbocycles. The van der Waals surface area contributed by atoms with Crippen LogP contribution in [0, 0.1) is 19.7 Å². The van der Waals surface area contributed by atoms with Gasteiger partial charge in [0.15, 0.2) is 12.4 Å². The largest absolute Gasteiger partial charge is 0.858 e. The fourth-order valence-corrected chi connectivity index (χ4v) is 4.39. The van der Waals surface area contributed by atoms with Gasteiger partial charge in [0.25, 0.3) is 11.6 Å². The smallest absolute Gasteiger partial charge is 0.327 e. The van der Waals surface area contributed by atoms with Gasteiger partial charge in [-0.05, 0) is 62.4 Å². The van der Waals surface area contributed by atoms with Crippen molar-refractivity contribution in [2.24, 2.45) is 0 Å². The summed E-state index contributed by atoms with van der Waals surface area (Å²) in [7, 11) is 0. The van der Waals surface area contributed by atoms with Gasteiger partial charge in [0.1, 0.15) is 11.4 Å². The molecule has 1 aromatic carbocycles. The number of hydrogen-bond donors (Lipinski definition) is 0. The maximum Gasteiger partial charge on any atom is 0.327 e. The van der Waals surface area contributed by atoms with Gasteiger partial charge >= 0.3 is 5.91 Å². The van der Waals surface area contributed by atoms with Gasteiger partial charge in [-0.1, -0.05) is 0 Å². The van der Waals surface area contributed by atoms with Crippen LogP contribution < -0.4 is 9.67 Å². The van der Waals surface area contributed by atoms with E-state index in [1.807, 2.05) is 19.1 Å². The van der Waals surface area contributed by atoms with E-state index in [-0.39, 0.29) is 29.5 Å². The van der Waals surface area contributed by atoms with Gasteiger partial charge in [0.05, 0.1) is 24.0 Å². The molecule has 5 rings (SSSR count). The summed E-state index contributed by atoms with van der Waals surface area (Å²) in [5, 5.41) is 17.8. The van der Waals surface area contributed by atoms with E-state index in [2.05, 4.69) is 5.10 Å². The Kier molecular flexibility index (Phi) is 5.49. The van der Waals surface area contributed by atoms with Crippen LogP contribution in [0.25, 0.3) is 17.0 Å². The molecule has 2 aliphatic rings. The van der Waals surface area contributed by atoms with Crippen molar-refractivity contribution >= 4 is 23.1 Å². The third-order valence-corrected chi connectivity index (χ3v) is 6.15. The highest BCUT2D eigenvalue weighted by molar-refractivity contribution is 6.44. The minimum Gasteiger partial charge on any atom is -0.858 e. The van der Waals surface area contributed by atoms with Crippen molar-refractivity contribution in [1.82, 2.24) is 14.7 Å². The molecule has 0 N–H and O–H groups in total. The van der Waals surface area contributed by atoms with Gasteiger partial charge in [0.2, 0.25) is 0 Å². The lowest BCUT2D eigenvalue weighted by Gasteiger charge is -2.18. The number of carbonyl (C=O) groups excluding carboxylic acids is 2. The molecule has 1 unspecified atom stereocenters. The number of halogens is 1. The fraction of sp³-hybridized carbons (Fsp3) is 0.280. The Labute approximate surface area is 195 Å². The highest BCUT2D eigenvalue weighted by Crippen LogP contribution is 2.37. The molecule has 1 atom stereocenters. The van der Waals surface area contributed by atoms with Gasteiger partial charge in [-0.25, -0.2) is 9.07 Å². The number of aromatic nitrogens is 3. The lowest BCUT2D eigenvalue weighted by Crippen LogP contribution is -2.42. The number of benzene rings is 1. The SMILES string of the molecule is Cc1cc[n+](C2=C(c3c(C)nn(-c4ccc(F)cc4)c3[O-])C(=O)N(CC3CCCO3)C2=O)cc1. The summed E-state index contributed by atoms with van der Waals surface area (Å²) in [5.74, 6) is -2.04. The number of pyridine rings is 1. The first-order valence-electron chi connectivity index (χ1n) is 11.1. The van der Waals surface area contributed by atoms with E-state index >= 15 is 0 Å². The first kappa shape index (κ1) is 22.0. The number of nitrogens with zero attached hydrogens (tertiary/aromatic N) is 4. The van der Waals surface area contributed by atoms with E-state index in [9.17, 15) is 19.1 Å². The second-order valence-corrected chi connectivity index (χ2v) is 8.52. The molecule has 9 heteroatoms. The molecule has 2 amide bonds. The zero-order valence-electron chi connectivity index (χ0n) is 18.8. The van der Waals surface area contributed by atoms with Crippen molar-refractivity contribution in [3.63, 3.8) is 0 Å². The monoisotopic (exact) mass is 462 g/mol. The Morgan fingerprint density at radius 2 is 1.82 bits per heavy atom. The summed E-state index contributed by atoms with van der Waals surface area (Å²) < 4.78 is 21.7. The number of rotatable bonds is 5. The molecule has 4 heterocycles. The van der Waals surface area contributed by atoms with Crippen molar-refractivity contribution in [2.75, 3.05) is 13.2 Å². The lowest BCUT2D eigenvalue weighted by atomic mass is 10.0. The van der Waals surface area contributed by atoms with E-state index in [1.165, 1.54) is 24.3 Å². The van der Waals surface area contributed by atoms with Crippen molar-refractivity contribution in [3.05, 3.63) is 71.4 Å². The van der Waals surface area contributed by atoms with Crippen molar-refractivity contribution in [1.29, 1.82) is 0 Å². The number of carbonyl (C=O) groups is 2. The maximum atomic E-state index is 13.6. The third-order valence-electron chi connectivity index (χ3n) is 6.15. The van der Waals surface area contributed by atoms with Gasteiger partial charge < -0.3 is 9.84 Å². The van der Waals surface area contributed by atoms with Gasteiger partial charge in [0, 0.05) is 24.3 Å². The number of hydrogen-bond acceptors (Lipinski definition) is 5. The summed E-state index contributed by atoms with van der Waals surface area (Å²) in [5.41, 5.74) is 1.81. The summed E-state index contributed by atoms with van der Waals surface area (Å²) in [6, 6.07) is 8.96. The van der Waals surface area contributed by atoms with E-state index < -0.39 is 23.5 Å². The number of amides is 2. The quantitative estimate of drug-likeness (QED) is 0.427. The third kappa shape index (κ3) is 3.67. The van der Waals surface area contributed by atoms with Gasteiger partial charge in [-0.3, -0.25) is 14.5 Å². The summed E-state index contributed by atoms with van der Waals surface area (Å²) in [6.07, 6.45) is 4.78. The molecule has 3 aromatic rings. The molecule has 2 aliphatic heterocycles. The van der Waals surface area contributed by atoms with Crippen LogP contribution in [0.3, 0.4) is 0 Å². The maximum absolute atomic E-state index is 13.6. The zero-order valence-corrected chi connectivity index (χ0v) is 18.8. The van der Waals surface area contributed by atoms with Crippen LogP contribution in [-0.2, 0) is 14.3 Å². The number of aryl methyl sites for hydroxylation is 2. The van der Waals surface area contributed by atoms with E-state index in [4.69, 9.17) is 4.74 Å². The normalized spacial score (nSPS) is 18.4. The Morgan fingerprint density at radius 3 is 2.47 bits per heavy atom. The van der Waals surface area contributed by atoms with E-state index in [1.54, 1.807) is 23.9 Å². The van der Waals surface area contributed by atoms with E-state index in [0.29, 0.717) is 18.0 Å². The van der Waals surface area contributed by atoms with Crippen LogP contribution in [0.15, 0.2) is 48.8 Å². The zero-order chi connectivity index (χ0) is 24.0. The van der Waals surface area contributed by atoms with Crippen LogP contribution in [0.1, 0.15) is 29.7 Å². The van der Waals surface area contributed by atoms with Crippen LogP contribution in [0.4, 0.5) is 4.39 Å². The Balaban J connectivity index is 1.65. The van der Waals surface area contributed by atoms with Crippen LogP contribution in [0.2, 0.25) is 0 Å². The molecular weight excluding hydrogens is 439 g/mol. The molecule has 0 bridgehead atoms. The topological polar surface area (TPSA) is 91.4 Å². The second kappa shape index (κ2) is 8.49. The molecule has 0 radical (unpaired) electrons. The average Bonchev–Trinajstić information content (AvgIpc) is 3.50. The number of ether oxygens (including phenoxy) is 1. The van der Waals surface area contributed by atoms with Crippen molar-refractivity contribution in [3.8, 4) is 11.6 Å². The Bertz CT molecular complexity index is 1310. The summed E-state index contributed by atoms with van der Waals surface area (Å²) >= 11 is 0. The first-order chi connectivity index (χ1) is 16.3. The Morgan fingerprint density at radius 1 is 1.12 bits per heavy atom. The summed E-state index contributed by atoms with van der Waals surface area (Å²) in [4.78, 5) is 28.3. The molecule has 2 aromatic heterocycles. The fourth-order valence-electron chi connectivity index (χ4n) is 4.39. The predicted octanol–water partition coefficient (Wildman–Crippen LogP) is 1.91.